The highest BCUT2D eigenvalue weighted by Crippen LogP contribution is 2.42. The molecular weight excluding hydrogens is 229 g/mol. The van der Waals surface area contributed by atoms with Gasteiger partial charge in [-0.3, -0.25) is 0 Å². The second kappa shape index (κ2) is 5.45. The van der Waals surface area contributed by atoms with E-state index in [-0.39, 0.29) is 0 Å². The molecule has 2 rings (SSSR count). The Bertz CT molecular complexity index is 457. The van der Waals surface area contributed by atoms with Gasteiger partial charge in [0.15, 0.2) is 0 Å². The minimum absolute atomic E-state index is 0.405. The van der Waals surface area contributed by atoms with Crippen molar-refractivity contribution < 1.29 is 9.18 Å². The van der Waals surface area contributed by atoms with Crippen LogP contribution in [0.15, 0.2) is 29.3 Å². The van der Waals surface area contributed by atoms with Gasteiger partial charge in [-0.15, -0.1) is 0 Å². The van der Waals surface area contributed by atoms with Crippen LogP contribution in [-0.4, -0.2) is 12.3 Å². The summed E-state index contributed by atoms with van der Waals surface area (Å²) in [5.74, 6) is 0. The zero-order chi connectivity index (χ0) is 13.0. The average molecular weight is 247 g/mol. The van der Waals surface area contributed by atoms with Crippen LogP contribution in [0.25, 0.3) is 0 Å². The summed E-state index contributed by atoms with van der Waals surface area (Å²) in [6.45, 7) is 1.56. The fourth-order valence-electron chi connectivity index (χ4n) is 2.82. The van der Waals surface area contributed by atoms with Crippen LogP contribution in [0.3, 0.4) is 0 Å². The van der Waals surface area contributed by atoms with Crippen molar-refractivity contribution >= 4 is 6.08 Å². The molecule has 0 N–H and O–H groups in total. The maximum Gasteiger partial charge on any atom is 0.235 e. The average Bonchev–Trinajstić information content (AvgIpc) is 2.79. The number of isocyanates is 1. The standard InChI is InChI=1S/C15H18FNO/c1-12(16)9-13-5-4-6-14(10-13)15(17-11-18)7-2-3-8-15/h4-6,10,12H,2-3,7-9H2,1H3. The molecule has 96 valence electrons. The van der Waals surface area contributed by atoms with E-state index in [1.54, 1.807) is 13.0 Å². The maximum atomic E-state index is 13.1. The minimum atomic E-state index is -0.852. The summed E-state index contributed by atoms with van der Waals surface area (Å²) in [6.07, 6.45) is 5.20. The van der Waals surface area contributed by atoms with Gasteiger partial charge in [-0.05, 0) is 30.9 Å². The summed E-state index contributed by atoms with van der Waals surface area (Å²) in [5, 5.41) is 0. The first kappa shape index (κ1) is 13.0. The van der Waals surface area contributed by atoms with Crippen molar-refractivity contribution in [3.05, 3.63) is 35.4 Å². The number of hydrogen-bond donors (Lipinski definition) is 0. The van der Waals surface area contributed by atoms with Gasteiger partial charge in [-0.25, -0.2) is 9.18 Å². The molecule has 3 heteroatoms. The first-order valence-electron chi connectivity index (χ1n) is 6.49. The van der Waals surface area contributed by atoms with E-state index in [4.69, 9.17) is 0 Å². The van der Waals surface area contributed by atoms with Gasteiger partial charge in [0, 0.05) is 6.42 Å². The van der Waals surface area contributed by atoms with E-state index < -0.39 is 11.7 Å². The number of rotatable bonds is 4. The van der Waals surface area contributed by atoms with Crippen LogP contribution in [0.1, 0.15) is 43.7 Å². The van der Waals surface area contributed by atoms with Crippen LogP contribution in [0.2, 0.25) is 0 Å². The van der Waals surface area contributed by atoms with Crippen molar-refractivity contribution in [2.75, 3.05) is 0 Å². The smallest absolute Gasteiger partial charge is 0.235 e. The van der Waals surface area contributed by atoms with Crippen LogP contribution < -0.4 is 0 Å². The molecule has 2 nitrogen and oxygen atoms in total. The normalized spacial score (nSPS) is 19.2. The predicted molar refractivity (Wildman–Crippen MR) is 69.0 cm³/mol. The SMILES string of the molecule is CC(F)Cc1cccc(C2(N=C=O)CCCC2)c1. The topological polar surface area (TPSA) is 29.4 Å². The van der Waals surface area contributed by atoms with E-state index in [9.17, 15) is 9.18 Å². The maximum absolute atomic E-state index is 13.1. The Labute approximate surface area is 107 Å². The molecule has 0 saturated heterocycles. The molecule has 1 saturated carbocycles. The molecule has 18 heavy (non-hydrogen) atoms. The molecule has 1 aromatic carbocycles. The van der Waals surface area contributed by atoms with Gasteiger partial charge in [0.1, 0.15) is 6.17 Å². The predicted octanol–water partition coefficient (Wildman–Crippen LogP) is 3.69. The lowest BCUT2D eigenvalue weighted by atomic mass is 9.87. The molecule has 0 aromatic heterocycles. The molecule has 0 amide bonds. The van der Waals surface area contributed by atoms with Crippen LogP contribution in [0, 0.1) is 0 Å². The molecule has 1 fully saturated rings. The summed E-state index contributed by atoms with van der Waals surface area (Å²) in [6, 6.07) is 7.82. The third kappa shape index (κ3) is 2.68. The Hall–Kier alpha value is -1.47. The second-order valence-corrected chi connectivity index (χ2v) is 5.13. The van der Waals surface area contributed by atoms with Crippen LogP contribution in [0.5, 0.6) is 0 Å². The van der Waals surface area contributed by atoms with Gasteiger partial charge in [0.2, 0.25) is 6.08 Å². The zero-order valence-electron chi connectivity index (χ0n) is 10.7. The Morgan fingerprint density at radius 3 is 2.78 bits per heavy atom. The lowest BCUT2D eigenvalue weighted by Gasteiger charge is -2.23. The summed E-state index contributed by atoms with van der Waals surface area (Å²) >= 11 is 0. The van der Waals surface area contributed by atoms with Crippen LogP contribution in [0.4, 0.5) is 4.39 Å². The Morgan fingerprint density at radius 2 is 2.17 bits per heavy atom. The van der Waals surface area contributed by atoms with Gasteiger partial charge in [-0.2, -0.15) is 4.99 Å². The fourth-order valence-corrected chi connectivity index (χ4v) is 2.82. The molecule has 0 spiro atoms. The van der Waals surface area contributed by atoms with Crippen LogP contribution in [-0.2, 0) is 16.8 Å². The number of alkyl halides is 1. The highest BCUT2D eigenvalue weighted by Gasteiger charge is 2.35. The molecule has 1 unspecified atom stereocenters. The van der Waals surface area contributed by atoms with Crippen molar-refractivity contribution in [2.45, 2.75) is 50.7 Å². The third-order valence-corrected chi connectivity index (χ3v) is 3.67. The summed E-state index contributed by atoms with van der Waals surface area (Å²) in [4.78, 5) is 14.7. The molecule has 1 aromatic rings. The van der Waals surface area contributed by atoms with E-state index in [1.807, 2.05) is 24.3 Å². The minimum Gasteiger partial charge on any atom is -0.247 e. The number of carbonyl (C=O) groups excluding carboxylic acids is 1. The first-order chi connectivity index (χ1) is 8.66. The number of benzene rings is 1. The lowest BCUT2D eigenvalue weighted by Crippen LogP contribution is -2.19. The zero-order valence-corrected chi connectivity index (χ0v) is 10.7. The Morgan fingerprint density at radius 1 is 1.44 bits per heavy atom. The van der Waals surface area contributed by atoms with Crippen molar-refractivity contribution in [1.82, 2.24) is 0 Å². The summed E-state index contributed by atoms with van der Waals surface area (Å²) in [7, 11) is 0. The highest BCUT2D eigenvalue weighted by atomic mass is 19.1. The largest absolute Gasteiger partial charge is 0.247 e. The third-order valence-electron chi connectivity index (χ3n) is 3.67. The van der Waals surface area contributed by atoms with E-state index in [0.717, 1.165) is 36.8 Å². The molecular formula is C15H18FNO. The lowest BCUT2D eigenvalue weighted by molar-refractivity contribution is 0.359. The molecule has 0 radical (unpaired) electrons. The molecule has 1 atom stereocenters. The van der Waals surface area contributed by atoms with Crippen molar-refractivity contribution in [1.29, 1.82) is 0 Å². The number of hydrogen-bond acceptors (Lipinski definition) is 2. The Balaban J connectivity index is 2.33. The molecule has 0 aliphatic heterocycles. The quantitative estimate of drug-likeness (QED) is 0.589. The fraction of sp³-hybridized carbons (Fsp3) is 0.533. The van der Waals surface area contributed by atoms with Gasteiger partial charge in [0.05, 0.1) is 5.54 Å². The van der Waals surface area contributed by atoms with E-state index in [1.165, 1.54) is 0 Å². The van der Waals surface area contributed by atoms with E-state index in [2.05, 4.69) is 4.99 Å². The highest BCUT2D eigenvalue weighted by molar-refractivity contribution is 5.39. The summed E-state index contributed by atoms with van der Waals surface area (Å²) in [5.41, 5.74) is 1.59. The number of aliphatic imine (C=N–C) groups is 1. The van der Waals surface area contributed by atoms with Gasteiger partial charge in [0.25, 0.3) is 0 Å². The van der Waals surface area contributed by atoms with Crippen molar-refractivity contribution in [3.63, 3.8) is 0 Å². The van der Waals surface area contributed by atoms with Gasteiger partial charge in [-0.1, -0.05) is 37.1 Å². The summed E-state index contributed by atoms with van der Waals surface area (Å²) < 4.78 is 13.1. The van der Waals surface area contributed by atoms with Crippen LogP contribution >= 0.6 is 0 Å². The first-order valence-corrected chi connectivity index (χ1v) is 6.49. The van der Waals surface area contributed by atoms with Crippen molar-refractivity contribution in [3.8, 4) is 0 Å². The molecule has 1 aliphatic carbocycles. The Kier molecular flexibility index (Phi) is 3.93. The van der Waals surface area contributed by atoms with Gasteiger partial charge < -0.3 is 0 Å². The van der Waals surface area contributed by atoms with Gasteiger partial charge >= 0.3 is 0 Å². The number of nitrogens with zero attached hydrogens (tertiary/aromatic N) is 1. The van der Waals surface area contributed by atoms with Crippen molar-refractivity contribution in [2.24, 2.45) is 4.99 Å². The number of halogens is 1. The second-order valence-electron chi connectivity index (χ2n) is 5.13. The molecule has 1 aliphatic rings. The van der Waals surface area contributed by atoms with E-state index >= 15 is 0 Å². The monoisotopic (exact) mass is 247 g/mol. The molecule has 0 bridgehead atoms. The molecule has 0 heterocycles. The van der Waals surface area contributed by atoms with E-state index in [0.29, 0.717) is 6.42 Å².